The van der Waals surface area contributed by atoms with Crippen molar-refractivity contribution in [2.45, 2.75) is 44.7 Å². The molecule has 1 fully saturated rings. The lowest BCUT2D eigenvalue weighted by atomic mass is 10.1. The average Bonchev–Trinajstić information content (AvgIpc) is 2.38. The maximum atomic E-state index is 12.3. The van der Waals surface area contributed by atoms with E-state index in [9.17, 15) is 8.42 Å². The van der Waals surface area contributed by atoms with Crippen LogP contribution in [-0.2, 0) is 10.2 Å². The molecule has 0 aromatic carbocycles. The molecule has 1 aliphatic rings. The molecule has 0 saturated carbocycles. The van der Waals surface area contributed by atoms with Crippen molar-refractivity contribution in [3.63, 3.8) is 0 Å². The summed E-state index contributed by atoms with van der Waals surface area (Å²) in [5.41, 5.74) is 5.67. The topological polar surface area (TPSA) is 75.4 Å². The zero-order chi connectivity index (χ0) is 13.6. The van der Waals surface area contributed by atoms with Crippen LogP contribution in [0, 0.1) is 0 Å². The summed E-state index contributed by atoms with van der Waals surface area (Å²) in [5, 5.41) is 0. The smallest absolute Gasteiger partial charge is 0.280 e. The van der Waals surface area contributed by atoms with E-state index in [0.717, 1.165) is 31.4 Å². The highest BCUT2D eigenvalue weighted by Gasteiger charge is 2.32. The van der Waals surface area contributed by atoms with Gasteiger partial charge in [-0.1, -0.05) is 13.3 Å². The predicted molar refractivity (Wildman–Crippen MR) is 77.9 cm³/mol. The molecule has 7 heteroatoms. The van der Waals surface area contributed by atoms with Gasteiger partial charge >= 0.3 is 0 Å². The number of hydrogen-bond acceptors (Lipinski definition) is 4. The lowest BCUT2D eigenvalue weighted by molar-refractivity contribution is 0.253. The van der Waals surface area contributed by atoms with Crippen molar-refractivity contribution in [3.05, 3.63) is 0 Å². The maximum Gasteiger partial charge on any atom is 0.280 e. The minimum Gasteiger partial charge on any atom is -0.329 e. The Morgan fingerprint density at radius 3 is 2.78 bits per heavy atom. The van der Waals surface area contributed by atoms with Gasteiger partial charge in [-0.2, -0.15) is 29.2 Å². The third-order valence-corrected chi connectivity index (χ3v) is 5.80. The van der Waals surface area contributed by atoms with Gasteiger partial charge in [-0.05, 0) is 25.5 Å². The van der Waals surface area contributed by atoms with Gasteiger partial charge in [0, 0.05) is 30.9 Å². The number of thioether (sulfide) groups is 1. The average molecular weight is 295 g/mol. The first-order chi connectivity index (χ1) is 8.55. The van der Waals surface area contributed by atoms with E-state index in [0.29, 0.717) is 13.1 Å². The summed E-state index contributed by atoms with van der Waals surface area (Å²) >= 11 is 1.66. The second-order valence-electron chi connectivity index (χ2n) is 4.68. The number of nitrogens with one attached hydrogen (secondary N) is 1. The van der Waals surface area contributed by atoms with Gasteiger partial charge in [-0.25, -0.2) is 0 Å². The zero-order valence-corrected chi connectivity index (χ0v) is 12.9. The molecule has 18 heavy (non-hydrogen) atoms. The van der Waals surface area contributed by atoms with Gasteiger partial charge in [-0.15, -0.1) is 0 Å². The summed E-state index contributed by atoms with van der Waals surface area (Å²) in [6.07, 6.45) is 5.66. The molecule has 1 saturated heterocycles. The number of piperidine rings is 1. The first kappa shape index (κ1) is 16.2. The fourth-order valence-corrected chi connectivity index (χ4v) is 4.83. The predicted octanol–water partition coefficient (Wildman–Crippen LogP) is 0.776. The fourth-order valence-electron chi connectivity index (χ4n) is 2.24. The molecule has 1 rings (SSSR count). The molecule has 0 aromatic heterocycles. The van der Waals surface area contributed by atoms with Crippen LogP contribution in [0.3, 0.4) is 0 Å². The standard InChI is InChI=1S/C11H25N3O2S2/c1-3-10(9-17-2)13-18(15,16)14-7-5-4-6-11(14)8-12/h10-11,13H,3-9,12H2,1-2H3. The SMILES string of the molecule is CCC(CSC)NS(=O)(=O)N1CCCCC1CN. The molecular weight excluding hydrogens is 270 g/mol. The Kier molecular flexibility index (Phi) is 6.94. The van der Waals surface area contributed by atoms with E-state index in [4.69, 9.17) is 5.73 Å². The Morgan fingerprint density at radius 1 is 1.50 bits per heavy atom. The van der Waals surface area contributed by atoms with Crippen LogP contribution in [-0.4, -0.2) is 49.9 Å². The summed E-state index contributed by atoms with van der Waals surface area (Å²) in [7, 11) is -3.39. The number of rotatable bonds is 7. The van der Waals surface area contributed by atoms with Crippen LogP contribution < -0.4 is 10.5 Å². The van der Waals surface area contributed by atoms with Crippen molar-refractivity contribution in [2.75, 3.05) is 25.1 Å². The van der Waals surface area contributed by atoms with Crippen molar-refractivity contribution >= 4 is 22.0 Å². The van der Waals surface area contributed by atoms with E-state index < -0.39 is 10.2 Å². The number of nitrogens with zero attached hydrogens (tertiary/aromatic N) is 1. The van der Waals surface area contributed by atoms with E-state index in [1.165, 1.54) is 0 Å². The molecule has 2 atom stereocenters. The van der Waals surface area contributed by atoms with Crippen LogP contribution in [0.5, 0.6) is 0 Å². The molecule has 1 heterocycles. The second-order valence-corrected chi connectivity index (χ2v) is 7.24. The molecule has 0 bridgehead atoms. The molecule has 2 unspecified atom stereocenters. The van der Waals surface area contributed by atoms with E-state index in [1.807, 2.05) is 13.2 Å². The van der Waals surface area contributed by atoms with Gasteiger partial charge in [0.15, 0.2) is 0 Å². The third kappa shape index (κ3) is 4.38. The molecule has 108 valence electrons. The van der Waals surface area contributed by atoms with Crippen LogP contribution in [0.25, 0.3) is 0 Å². The Morgan fingerprint density at radius 2 is 2.22 bits per heavy atom. The summed E-state index contributed by atoms with van der Waals surface area (Å²) in [6.45, 7) is 2.99. The van der Waals surface area contributed by atoms with Crippen molar-refractivity contribution < 1.29 is 8.42 Å². The van der Waals surface area contributed by atoms with Gasteiger partial charge in [-0.3, -0.25) is 0 Å². The summed E-state index contributed by atoms with van der Waals surface area (Å²) in [6, 6.07) is -0.0339. The normalized spacial score (nSPS) is 24.1. The van der Waals surface area contributed by atoms with Gasteiger partial charge in [0.1, 0.15) is 0 Å². The van der Waals surface area contributed by atoms with Crippen molar-refractivity contribution in [1.29, 1.82) is 0 Å². The van der Waals surface area contributed by atoms with E-state index >= 15 is 0 Å². The van der Waals surface area contributed by atoms with Crippen LogP contribution in [0.2, 0.25) is 0 Å². The maximum absolute atomic E-state index is 12.3. The zero-order valence-electron chi connectivity index (χ0n) is 11.3. The molecule has 0 aromatic rings. The molecule has 0 aliphatic carbocycles. The first-order valence-electron chi connectivity index (χ1n) is 6.53. The molecule has 1 aliphatic heterocycles. The first-order valence-corrected chi connectivity index (χ1v) is 9.36. The van der Waals surface area contributed by atoms with Crippen molar-refractivity contribution in [2.24, 2.45) is 5.73 Å². The Hall–Kier alpha value is 0.180. The quantitative estimate of drug-likeness (QED) is 0.727. The van der Waals surface area contributed by atoms with Crippen molar-refractivity contribution in [1.82, 2.24) is 9.03 Å². The minimum absolute atomic E-state index is 0.00495. The Labute approximate surface area is 115 Å². The van der Waals surface area contributed by atoms with Gasteiger partial charge in [0.2, 0.25) is 0 Å². The minimum atomic E-state index is -3.39. The largest absolute Gasteiger partial charge is 0.329 e. The Balaban J connectivity index is 2.71. The summed E-state index contributed by atoms with van der Waals surface area (Å²) in [5.74, 6) is 0.802. The van der Waals surface area contributed by atoms with E-state index in [-0.39, 0.29) is 12.1 Å². The number of hydrogen-bond donors (Lipinski definition) is 2. The molecule has 0 amide bonds. The van der Waals surface area contributed by atoms with Gasteiger partial charge < -0.3 is 5.73 Å². The van der Waals surface area contributed by atoms with Crippen LogP contribution in [0.4, 0.5) is 0 Å². The van der Waals surface area contributed by atoms with Crippen LogP contribution >= 0.6 is 11.8 Å². The third-order valence-electron chi connectivity index (χ3n) is 3.33. The lowest BCUT2D eigenvalue weighted by Gasteiger charge is -2.34. The van der Waals surface area contributed by atoms with Crippen molar-refractivity contribution in [3.8, 4) is 0 Å². The van der Waals surface area contributed by atoms with E-state index in [1.54, 1.807) is 16.1 Å². The molecule has 0 spiro atoms. The molecule has 3 N–H and O–H groups in total. The highest BCUT2D eigenvalue weighted by Crippen LogP contribution is 2.19. The summed E-state index contributed by atoms with van der Waals surface area (Å²) < 4.78 is 29.1. The molecule has 0 radical (unpaired) electrons. The van der Waals surface area contributed by atoms with E-state index in [2.05, 4.69) is 4.72 Å². The van der Waals surface area contributed by atoms with Crippen LogP contribution in [0.1, 0.15) is 32.6 Å². The Bertz CT molecular complexity index is 335. The summed E-state index contributed by atoms with van der Waals surface area (Å²) in [4.78, 5) is 0. The lowest BCUT2D eigenvalue weighted by Crippen LogP contribution is -2.53. The number of nitrogens with two attached hydrogens (primary N) is 1. The fraction of sp³-hybridized carbons (Fsp3) is 1.00. The monoisotopic (exact) mass is 295 g/mol. The van der Waals surface area contributed by atoms with Gasteiger partial charge in [0.05, 0.1) is 0 Å². The van der Waals surface area contributed by atoms with Crippen LogP contribution in [0.15, 0.2) is 0 Å². The van der Waals surface area contributed by atoms with Gasteiger partial charge in [0.25, 0.3) is 10.2 Å². The molecule has 5 nitrogen and oxygen atoms in total. The second kappa shape index (κ2) is 7.69. The highest BCUT2D eigenvalue weighted by molar-refractivity contribution is 7.98. The highest BCUT2D eigenvalue weighted by atomic mass is 32.2. The molecular formula is C11H25N3O2S2.